The smallest absolute Gasteiger partial charge is 0.354 e. The molecule has 0 bridgehead atoms. The van der Waals surface area contributed by atoms with E-state index in [0.717, 1.165) is 36.1 Å². The third-order valence-electron chi connectivity index (χ3n) is 3.92. The summed E-state index contributed by atoms with van der Waals surface area (Å²) in [7, 11) is 0. The highest BCUT2D eigenvalue weighted by molar-refractivity contribution is 5.85. The van der Waals surface area contributed by atoms with Crippen molar-refractivity contribution >= 4 is 5.97 Å². The van der Waals surface area contributed by atoms with Crippen LogP contribution in [0.25, 0.3) is 0 Å². The number of carboxylic acids is 1. The lowest BCUT2D eigenvalue weighted by Gasteiger charge is -2.14. The first-order chi connectivity index (χ1) is 11.3. The number of rotatable bonds is 7. The third-order valence-corrected chi connectivity index (χ3v) is 3.92. The van der Waals surface area contributed by atoms with Crippen LogP contribution in [0.3, 0.4) is 0 Å². The SMILES string of the molecule is CC(C)Cc1cc(CC(C)Cc2ccccc2O)cc(C(=O)O)n1. The molecule has 2 aromatic rings. The molecule has 0 aliphatic carbocycles. The quantitative estimate of drug-likeness (QED) is 0.803. The Balaban J connectivity index is 2.16. The average molecular weight is 327 g/mol. The maximum Gasteiger partial charge on any atom is 0.354 e. The highest BCUT2D eigenvalue weighted by Gasteiger charge is 2.13. The van der Waals surface area contributed by atoms with Gasteiger partial charge in [-0.25, -0.2) is 9.78 Å². The number of nitrogens with zero attached hydrogens (tertiary/aromatic N) is 1. The van der Waals surface area contributed by atoms with E-state index in [4.69, 9.17) is 0 Å². The van der Waals surface area contributed by atoms with Crippen LogP contribution in [0.2, 0.25) is 0 Å². The second-order valence-electron chi connectivity index (χ2n) is 6.90. The highest BCUT2D eigenvalue weighted by atomic mass is 16.4. The number of pyridine rings is 1. The Hall–Kier alpha value is -2.36. The number of phenolic OH excluding ortho intramolecular Hbond substituents is 1. The van der Waals surface area contributed by atoms with E-state index in [-0.39, 0.29) is 11.6 Å². The minimum Gasteiger partial charge on any atom is -0.508 e. The summed E-state index contributed by atoms with van der Waals surface area (Å²) in [5, 5.41) is 19.2. The Labute approximate surface area is 143 Å². The third kappa shape index (κ3) is 5.08. The van der Waals surface area contributed by atoms with Gasteiger partial charge in [0.05, 0.1) is 0 Å². The van der Waals surface area contributed by atoms with Crippen molar-refractivity contribution < 1.29 is 15.0 Å². The van der Waals surface area contributed by atoms with E-state index >= 15 is 0 Å². The fourth-order valence-corrected chi connectivity index (χ4v) is 2.93. The zero-order chi connectivity index (χ0) is 17.7. The molecule has 1 unspecified atom stereocenters. The molecule has 1 aromatic heterocycles. The van der Waals surface area contributed by atoms with Gasteiger partial charge in [0.25, 0.3) is 0 Å². The molecule has 0 spiro atoms. The van der Waals surface area contributed by atoms with Crippen LogP contribution >= 0.6 is 0 Å². The molecule has 4 nitrogen and oxygen atoms in total. The maximum absolute atomic E-state index is 11.3. The van der Waals surface area contributed by atoms with Gasteiger partial charge < -0.3 is 10.2 Å². The maximum atomic E-state index is 11.3. The van der Waals surface area contributed by atoms with Crippen molar-refractivity contribution in [3.05, 3.63) is 58.9 Å². The summed E-state index contributed by atoms with van der Waals surface area (Å²) in [6.07, 6.45) is 2.26. The Morgan fingerprint density at radius 1 is 1.08 bits per heavy atom. The van der Waals surface area contributed by atoms with E-state index < -0.39 is 5.97 Å². The molecular formula is C20H25NO3. The number of benzene rings is 1. The molecule has 1 heterocycles. The Morgan fingerprint density at radius 3 is 2.42 bits per heavy atom. The zero-order valence-electron chi connectivity index (χ0n) is 14.5. The van der Waals surface area contributed by atoms with Crippen LogP contribution in [0.5, 0.6) is 5.75 Å². The summed E-state index contributed by atoms with van der Waals surface area (Å²) in [4.78, 5) is 15.6. The number of para-hydroxylation sites is 1. The van der Waals surface area contributed by atoms with Crippen molar-refractivity contribution in [3.8, 4) is 5.75 Å². The summed E-state index contributed by atoms with van der Waals surface area (Å²) in [5.74, 6) is 0.0309. The van der Waals surface area contributed by atoms with Crippen LogP contribution in [-0.2, 0) is 19.3 Å². The normalized spacial score (nSPS) is 12.3. The predicted molar refractivity (Wildman–Crippen MR) is 94.4 cm³/mol. The summed E-state index contributed by atoms with van der Waals surface area (Å²) >= 11 is 0. The molecule has 0 saturated carbocycles. The predicted octanol–water partition coefficient (Wildman–Crippen LogP) is 4.11. The first kappa shape index (κ1) is 18.0. The Bertz CT molecular complexity index is 710. The number of hydrogen-bond acceptors (Lipinski definition) is 3. The highest BCUT2D eigenvalue weighted by Crippen LogP contribution is 2.22. The average Bonchev–Trinajstić information content (AvgIpc) is 2.48. The van der Waals surface area contributed by atoms with Gasteiger partial charge in [0.1, 0.15) is 11.4 Å². The van der Waals surface area contributed by atoms with Gasteiger partial charge >= 0.3 is 5.97 Å². The van der Waals surface area contributed by atoms with Crippen molar-refractivity contribution in [1.29, 1.82) is 0 Å². The summed E-state index contributed by atoms with van der Waals surface area (Å²) in [5.41, 5.74) is 2.84. The molecule has 24 heavy (non-hydrogen) atoms. The van der Waals surface area contributed by atoms with Crippen molar-refractivity contribution in [2.45, 2.75) is 40.0 Å². The lowest BCUT2D eigenvalue weighted by atomic mass is 9.93. The minimum absolute atomic E-state index is 0.109. The van der Waals surface area contributed by atoms with Gasteiger partial charge in [-0.1, -0.05) is 39.0 Å². The zero-order valence-corrected chi connectivity index (χ0v) is 14.5. The van der Waals surface area contributed by atoms with Crippen LogP contribution < -0.4 is 0 Å². The van der Waals surface area contributed by atoms with Crippen LogP contribution in [0.1, 0.15) is 48.1 Å². The first-order valence-electron chi connectivity index (χ1n) is 8.35. The molecule has 0 amide bonds. The van der Waals surface area contributed by atoms with Gasteiger partial charge in [0.2, 0.25) is 0 Å². The Morgan fingerprint density at radius 2 is 1.79 bits per heavy atom. The summed E-state index contributed by atoms with van der Waals surface area (Å²) in [6.45, 7) is 6.29. The van der Waals surface area contributed by atoms with Crippen molar-refractivity contribution in [1.82, 2.24) is 4.98 Å². The minimum atomic E-state index is -0.991. The molecule has 1 aromatic carbocycles. The van der Waals surface area contributed by atoms with E-state index in [2.05, 4.69) is 25.8 Å². The van der Waals surface area contributed by atoms with E-state index in [9.17, 15) is 15.0 Å². The molecule has 4 heteroatoms. The Kier molecular flexibility index (Phi) is 5.96. The molecule has 128 valence electrons. The number of aromatic hydroxyl groups is 1. The number of carbonyl (C=O) groups is 1. The molecule has 0 aliphatic rings. The lowest BCUT2D eigenvalue weighted by Crippen LogP contribution is -2.10. The monoisotopic (exact) mass is 327 g/mol. The molecule has 0 radical (unpaired) electrons. The fraction of sp³-hybridized carbons (Fsp3) is 0.400. The number of carboxylic acid groups (broad SMARTS) is 1. The number of aromatic nitrogens is 1. The topological polar surface area (TPSA) is 70.4 Å². The van der Waals surface area contributed by atoms with E-state index in [1.807, 2.05) is 24.3 Å². The molecule has 2 rings (SSSR count). The number of phenols is 1. The lowest BCUT2D eigenvalue weighted by molar-refractivity contribution is 0.0690. The molecule has 0 saturated heterocycles. The van der Waals surface area contributed by atoms with Crippen molar-refractivity contribution in [2.75, 3.05) is 0 Å². The van der Waals surface area contributed by atoms with E-state index in [0.29, 0.717) is 11.7 Å². The van der Waals surface area contributed by atoms with E-state index in [1.54, 1.807) is 12.1 Å². The van der Waals surface area contributed by atoms with Gasteiger partial charge in [-0.2, -0.15) is 0 Å². The van der Waals surface area contributed by atoms with Crippen LogP contribution in [0, 0.1) is 11.8 Å². The fourth-order valence-electron chi connectivity index (χ4n) is 2.93. The molecule has 1 atom stereocenters. The van der Waals surface area contributed by atoms with Gasteiger partial charge in [-0.05, 0) is 60.4 Å². The molecule has 0 fully saturated rings. The van der Waals surface area contributed by atoms with Crippen molar-refractivity contribution in [3.63, 3.8) is 0 Å². The summed E-state index contributed by atoms with van der Waals surface area (Å²) < 4.78 is 0. The molecule has 2 N–H and O–H groups in total. The van der Waals surface area contributed by atoms with Crippen LogP contribution in [-0.4, -0.2) is 21.2 Å². The van der Waals surface area contributed by atoms with Crippen LogP contribution in [0.4, 0.5) is 0 Å². The second-order valence-corrected chi connectivity index (χ2v) is 6.90. The van der Waals surface area contributed by atoms with Gasteiger partial charge in [-0.15, -0.1) is 0 Å². The largest absolute Gasteiger partial charge is 0.508 e. The molecular weight excluding hydrogens is 302 g/mol. The standard InChI is InChI=1S/C20H25NO3/c1-13(2)8-17-11-15(12-18(21-17)20(23)24)9-14(3)10-16-6-4-5-7-19(16)22/h4-7,11-14,22H,8-10H2,1-3H3,(H,23,24). The second kappa shape index (κ2) is 7.95. The van der Waals surface area contributed by atoms with Crippen LogP contribution in [0.15, 0.2) is 36.4 Å². The van der Waals surface area contributed by atoms with Crippen molar-refractivity contribution in [2.24, 2.45) is 11.8 Å². The number of hydrogen-bond donors (Lipinski definition) is 2. The number of aromatic carboxylic acids is 1. The molecule has 0 aliphatic heterocycles. The van der Waals surface area contributed by atoms with Gasteiger partial charge in [0.15, 0.2) is 0 Å². The first-order valence-corrected chi connectivity index (χ1v) is 8.35. The van der Waals surface area contributed by atoms with Gasteiger partial charge in [-0.3, -0.25) is 0 Å². The van der Waals surface area contributed by atoms with Gasteiger partial charge in [0, 0.05) is 5.69 Å². The summed E-state index contributed by atoms with van der Waals surface area (Å²) in [6, 6.07) is 11.0. The van der Waals surface area contributed by atoms with E-state index in [1.165, 1.54) is 0 Å².